The number of pyridine rings is 1. The van der Waals surface area contributed by atoms with Crippen molar-refractivity contribution in [3.8, 4) is 89.7 Å². The van der Waals surface area contributed by atoms with Crippen LogP contribution in [0.25, 0.3) is 95.0 Å². The van der Waals surface area contributed by atoms with Gasteiger partial charge in [0.1, 0.15) is 11.6 Å². The van der Waals surface area contributed by atoms with Crippen LogP contribution in [0.5, 0.6) is 5.75 Å². The number of hydrogen-bond donors (Lipinski definition) is 1. The summed E-state index contributed by atoms with van der Waals surface area (Å²) in [5.41, 5.74) is 13.6. The Labute approximate surface area is 371 Å². The molecule has 4 heteroatoms. The number of aryl methyl sites for hydroxylation is 3. The molecule has 0 saturated heterocycles. The molecule has 10 rings (SSSR count). The van der Waals surface area contributed by atoms with Gasteiger partial charge in [-0.15, -0.1) is 0 Å². The molecule has 0 radical (unpaired) electrons. The molecular formula is C58H45N3O. The Bertz CT molecular complexity index is 3490. The molecule has 1 N–H and O–H groups in total. The molecule has 0 saturated carbocycles. The van der Waals surface area contributed by atoms with Gasteiger partial charge < -0.3 is 5.11 Å². The Kier molecular flexibility index (Phi) is 8.25. The van der Waals surface area contributed by atoms with Crippen LogP contribution in [0, 0.1) is 27.6 Å². The monoisotopic (exact) mass is 805 g/mol. The second-order valence-corrected chi connectivity index (χ2v) is 15.7. The topological polar surface area (TPSA) is 50.9 Å². The fraction of sp³-hybridized carbons (Fsp3) is 0.0690. The first-order valence-electron chi connectivity index (χ1n) is 23.6. The van der Waals surface area contributed by atoms with Crippen LogP contribution >= 0.6 is 0 Å². The predicted octanol–water partition coefficient (Wildman–Crippen LogP) is 15.0. The molecule has 2 aromatic heterocycles. The van der Waals surface area contributed by atoms with Crippen molar-refractivity contribution in [1.29, 1.82) is 0 Å². The van der Waals surface area contributed by atoms with E-state index in [0.717, 1.165) is 61.3 Å². The zero-order chi connectivity index (χ0) is 47.3. The molecule has 0 fully saturated rings. The van der Waals surface area contributed by atoms with Gasteiger partial charge in [0.15, 0.2) is 0 Å². The number of rotatable bonds is 8. The fourth-order valence-electron chi connectivity index (χ4n) is 8.49. The van der Waals surface area contributed by atoms with Gasteiger partial charge in [0, 0.05) is 31.2 Å². The maximum atomic E-state index is 11.8. The summed E-state index contributed by atoms with van der Waals surface area (Å²) in [4.78, 5) is 10.3. The average molecular weight is 806 g/mol. The van der Waals surface area contributed by atoms with Gasteiger partial charge in [-0.25, -0.2) is 4.98 Å². The van der Waals surface area contributed by atoms with Crippen LogP contribution in [-0.2, 0) is 0 Å². The molecule has 0 amide bonds. The van der Waals surface area contributed by atoms with Gasteiger partial charge in [-0.2, -0.15) is 0 Å². The summed E-state index contributed by atoms with van der Waals surface area (Å²) in [6.45, 7) is -1.78. The Balaban J connectivity index is 1.21. The second kappa shape index (κ2) is 16.0. The third-order valence-electron chi connectivity index (χ3n) is 11.6. The lowest BCUT2D eigenvalue weighted by molar-refractivity contribution is 0.472. The van der Waals surface area contributed by atoms with E-state index < -0.39 is 13.7 Å². The molecule has 0 unspecified atom stereocenters. The number of aromatic nitrogens is 3. The number of fused-ring (bicyclic) bond motifs is 1. The molecule has 4 nitrogen and oxygen atoms in total. The number of phenols is 1. The zero-order valence-electron chi connectivity index (χ0n) is 40.3. The molecular weight excluding hydrogens is 755 g/mol. The lowest BCUT2D eigenvalue weighted by Gasteiger charge is -2.17. The van der Waals surface area contributed by atoms with E-state index in [1.165, 1.54) is 6.07 Å². The molecule has 0 aliphatic rings. The van der Waals surface area contributed by atoms with Crippen molar-refractivity contribution in [2.24, 2.45) is 0 Å². The average Bonchev–Trinajstić information content (AvgIpc) is 3.75. The maximum Gasteiger partial charge on any atom is 0.149 e. The first-order valence-corrected chi connectivity index (χ1v) is 20.6. The van der Waals surface area contributed by atoms with E-state index in [9.17, 15) is 5.11 Å². The number of benzene rings is 8. The van der Waals surface area contributed by atoms with Crippen molar-refractivity contribution in [2.45, 2.75) is 27.6 Å². The maximum absolute atomic E-state index is 11.8. The van der Waals surface area contributed by atoms with Crippen LogP contribution in [0.2, 0.25) is 0 Å². The predicted molar refractivity (Wildman–Crippen MR) is 258 cm³/mol. The summed E-state index contributed by atoms with van der Waals surface area (Å²) in [5, 5.41) is 11.8. The summed E-state index contributed by atoms with van der Waals surface area (Å²) < 4.78 is 53.8. The van der Waals surface area contributed by atoms with Gasteiger partial charge in [-0.1, -0.05) is 133 Å². The number of aromatic hydroxyl groups is 1. The van der Waals surface area contributed by atoms with E-state index in [4.69, 9.17) is 18.2 Å². The van der Waals surface area contributed by atoms with Crippen LogP contribution in [-0.4, -0.2) is 19.6 Å². The Morgan fingerprint density at radius 2 is 1.10 bits per heavy atom. The van der Waals surface area contributed by atoms with Crippen LogP contribution in [0.15, 0.2) is 194 Å². The molecule has 0 atom stereocenters. The Morgan fingerprint density at radius 3 is 1.79 bits per heavy atom. The normalized spacial score (nSPS) is 13.1. The number of para-hydroxylation sites is 1. The highest BCUT2D eigenvalue weighted by atomic mass is 16.3. The molecule has 2 heterocycles. The van der Waals surface area contributed by atoms with Crippen molar-refractivity contribution in [3.63, 3.8) is 0 Å². The molecule has 10 aromatic rings. The van der Waals surface area contributed by atoms with Crippen molar-refractivity contribution in [2.75, 3.05) is 0 Å². The first kappa shape index (κ1) is 32.0. The van der Waals surface area contributed by atoms with E-state index in [-0.39, 0.29) is 22.4 Å². The van der Waals surface area contributed by atoms with E-state index in [2.05, 4.69) is 72.8 Å². The minimum atomic E-state index is -2.79. The second-order valence-electron chi connectivity index (χ2n) is 15.7. The van der Waals surface area contributed by atoms with Gasteiger partial charge in [0.2, 0.25) is 0 Å². The minimum Gasteiger partial charge on any atom is -0.507 e. The van der Waals surface area contributed by atoms with Gasteiger partial charge in [-0.05, 0) is 154 Å². The van der Waals surface area contributed by atoms with Crippen LogP contribution in [0.4, 0.5) is 0 Å². The van der Waals surface area contributed by atoms with Crippen molar-refractivity contribution < 1.29 is 13.3 Å². The smallest absolute Gasteiger partial charge is 0.149 e. The highest BCUT2D eigenvalue weighted by Crippen LogP contribution is 2.42. The van der Waals surface area contributed by atoms with Crippen LogP contribution < -0.4 is 0 Å². The minimum absolute atomic E-state index is 0.0289. The van der Waals surface area contributed by atoms with Crippen LogP contribution in [0.3, 0.4) is 0 Å². The van der Waals surface area contributed by atoms with E-state index in [1.54, 1.807) is 30.3 Å². The third kappa shape index (κ3) is 7.16. The largest absolute Gasteiger partial charge is 0.507 e. The van der Waals surface area contributed by atoms with E-state index in [1.807, 2.05) is 103 Å². The summed E-state index contributed by atoms with van der Waals surface area (Å²) in [6, 6.07) is 61.3. The van der Waals surface area contributed by atoms with Gasteiger partial charge in [-0.3, -0.25) is 9.55 Å². The standard InChI is InChI=1S/C58H45N3O/c1-37-29-39(3)57(62)53(30-37)58-60-56-51(21-14-22-55(56)61(58)50-31-38(2)40(4)52(36-50)45-19-12-7-13-20-45)48-32-47(42-17-10-6-11-18-42)33-49(34-48)54-35-46(27-28-59-54)44-25-23-43(24-26-44)41-15-8-5-9-16-41/h5-36,62H,1-4H3/i2D3,4D3. The summed E-state index contributed by atoms with van der Waals surface area (Å²) in [7, 11) is 0. The summed E-state index contributed by atoms with van der Waals surface area (Å²) >= 11 is 0. The first-order chi connectivity index (χ1) is 32.7. The zero-order valence-corrected chi connectivity index (χ0v) is 34.3. The molecule has 0 aliphatic heterocycles. The number of phenolic OH excluding ortho intramolecular Hbond substituents is 1. The van der Waals surface area contributed by atoms with Crippen LogP contribution in [0.1, 0.15) is 30.5 Å². The number of imidazole rings is 1. The van der Waals surface area contributed by atoms with Crippen molar-refractivity contribution >= 4 is 11.0 Å². The van der Waals surface area contributed by atoms with Gasteiger partial charge in [0.25, 0.3) is 0 Å². The Hall–Kier alpha value is -7.82. The molecule has 62 heavy (non-hydrogen) atoms. The third-order valence-corrected chi connectivity index (χ3v) is 11.6. The number of nitrogens with zero attached hydrogens (tertiary/aromatic N) is 3. The number of hydrogen-bond acceptors (Lipinski definition) is 3. The van der Waals surface area contributed by atoms with Gasteiger partial charge >= 0.3 is 0 Å². The van der Waals surface area contributed by atoms with E-state index in [0.29, 0.717) is 39.2 Å². The highest BCUT2D eigenvalue weighted by molar-refractivity contribution is 5.98. The molecule has 0 bridgehead atoms. The van der Waals surface area contributed by atoms with Gasteiger partial charge in [0.05, 0.1) is 22.3 Å². The SMILES string of the molecule is [2H]C([2H])([2H])c1cc(-n2c(-c3cc(C)cc(C)c3O)nc3c(-c4cc(-c5ccccc5)cc(-c5cc(-c6ccc(-c7ccccc7)cc6)ccn5)c4)cccc32)cc(-c2ccccc2)c1C([2H])([2H])[2H]. The Morgan fingerprint density at radius 1 is 0.468 bits per heavy atom. The quantitative estimate of drug-likeness (QED) is 0.166. The summed E-state index contributed by atoms with van der Waals surface area (Å²) in [6.07, 6.45) is 1.84. The summed E-state index contributed by atoms with van der Waals surface area (Å²) in [5.74, 6) is 0.391. The molecule has 298 valence electrons. The molecule has 8 aromatic carbocycles. The van der Waals surface area contributed by atoms with Crippen molar-refractivity contribution in [1.82, 2.24) is 14.5 Å². The fourth-order valence-corrected chi connectivity index (χ4v) is 8.49. The molecule has 0 aliphatic carbocycles. The van der Waals surface area contributed by atoms with E-state index >= 15 is 0 Å². The highest BCUT2D eigenvalue weighted by Gasteiger charge is 2.23. The molecule has 0 spiro atoms. The van der Waals surface area contributed by atoms with Crippen molar-refractivity contribution in [3.05, 3.63) is 217 Å². The lowest BCUT2D eigenvalue weighted by Crippen LogP contribution is -2.01. The lowest BCUT2D eigenvalue weighted by atomic mass is 9.93.